The smallest absolute Gasteiger partial charge is 0.241 e. The Labute approximate surface area is 187 Å². The van der Waals surface area contributed by atoms with Gasteiger partial charge in [-0.05, 0) is 43.7 Å². The number of nitrogens with one attached hydrogen (secondary N) is 2. The van der Waals surface area contributed by atoms with Gasteiger partial charge in [-0.25, -0.2) is 4.39 Å². The quantitative estimate of drug-likeness (QED) is 0.686. The lowest BCUT2D eigenvalue weighted by Crippen LogP contribution is -2.57. The van der Waals surface area contributed by atoms with Gasteiger partial charge in [0, 0.05) is 43.4 Å². The summed E-state index contributed by atoms with van der Waals surface area (Å²) < 4.78 is 13.3. The minimum Gasteiger partial charge on any atom is -0.351 e. The highest BCUT2D eigenvalue weighted by Crippen LogP contribution is 2.16. The zero-order valence-electron chi connectivity index (χ0n) is 17.8. The molecule has 0 spiro atoms. The van der Waals surface area contributed by atoms with Crippen LogP contribution in [0.3, 0.4) is 0 Å². The molecule has 1 saturated heterocycles. The number of benzene rings is 2. The summed E-state index contributed by atoms with van der Waals surface area (Å²) in [4.78, 5) is 29.3. The first kappa shape index (κ1) is 23.2. The van der Waals surface area contributed by atoms with Crippen molar-refractivity contribution in [2.45, 2.75) is 32.5 Å². The van der Waals surface area contributed by atoms with Crippen molar-refractivity contribution in [3.8, 4) is 0 Å². The molecule has 0 bridgehead atoms. The second-order valence-electron chi connectivity index (χ2n) is 7.73. The maximum Gasteiger partial charge on any atom is 0.241 e. The van der Waals surface area contributed by atoms with E-state index in [0.717, 1.165) is 5.56 Å². The van der Waals surface area contributed by atoms with Crippen molar-refractivity contribution in [3.05, 3.63) is 64.9 Å². The lowest BCUT2D eigenvalue weighted by Gasteiger charge is -2.39. The molecule has 1 aliphatic rings. The molecule has 2 amide bonds. The van der Waals surface area contributed by atoms with E-state index in [9.17, 15) is 14.0 Å². The third kappa shape index (κ3) is 6.26. The average molecular weight is 447 g/mol. The third-order valence-corrected chi connectivity index (χ3v) is 6.07. The number of hydrogen-bond acceptors (Lipinski definition) is 4. The van der Waals surface area contributed by atoms with Gasteiger partial charge >= 0.3 is 0 Å². The predicted molar refractivity (Wildman–Crippen MR) is 120 cm³/mol. The van der Waals surface area contributed by atoms with E-state index in [2.05, 4.69) is 20.4 Å². The van der Waals surface area contributed by atoms with E-state index < -0.39 is 0 Å². The lowest BCUT2D eigenvalue weighted by atomic mass is 10.1. The number of rotatable bonds is 7. The van der Waals surface area contributed by atoms with Crippen molar-refractivity contribution in [2.24, 2.45) is 0 Å². The normalized spacial score (nSPS) is 17.0. The summed E-state index contributed by atoms with van der Waals surface area (Å²) in [6.07, 6.45) is 0. The Balaban J connectivity index is 1.46. The topological polar surface area (TPSA) is 64.7 Å². The van der Waals surface area contributed by atoms with E-state index in [1.165, 1.54) is 12.1 Å². The largest absolute Gasteiger partial charge is 0.351 e. The summed E-state index contributed by atoms with van der Waals surface area (Å²) in [6, 6.07) is 12.7. The molecule has 2 aromatic carbocycles. The van der Waals surface area contributed by atoms with E-state index >= 15 is 0 Å². The molecular weight excluding hydrogens is 419 g/mol. The van der Waals surface area contributed by atoms with Gasteiger partial charge in [0.25, 0.3) is 0 Å². The van der Waals surface area contributed by atoms with Crippen LogP contribution >= 0.6 is 11.6 Å². The maximum absolute atomic E-state index is 13.3. The number of carbonyl (C=O) groups is 2. The van der Waals surface area contributed by atoms with E-state index in [1.807, 2.05) is 32.0 Å². The Morgan fingerprint density at radius 3 is 2.19 bits per heavy atom. The second kappa shape index (κ2) is 10.7. The Kier molecular flexibility index (Phi) is 8.01. The summed E-state index contributed by atoms with van der Waals surface area (Å²) >= 11 is 6.15. The predicted octanol–water partition coefficient (Wildman–Crippen LogP) is 3.13. The molecule has 1 aliphatic heterocycles. The number of piperazine rings is 1. The maximum atomic E-state index is 13.3. The third-order valence-electron chi connectivity index (χ3n) is 5.71. The molecule has 166 valence electrons. The highest BCUT2D eigenvalue weighted by Gasteiger charge is 2.29. The fourth-order valence-corrected chi connectivity index (χ4v) is 3.83. The van der Waals surface area contributed by atoms with Gasteiger partial charge in [0.05, 0.1) is 12.1 Å². The molecule has 0 saturated carbocycles. The van der Waals surface area contributed by atoms with Crippen LogP contribution in [0.4, 0.5) is 10.1 Å². The lowest BCUT2D eigenvalue weighted by molar-refractivity contribution is -0.128. The monoisotopic (exact) mass is 446 g/mol. The van der Waals surface area contributed by atoms with Gasteiger partial charge < -0.3 is 10.6 Å². The van der Waals surface area contributed by atoms with Gasteiger partial charge in [-0.2, -0.15) is 0 Å². The van der Waals surface area contributed by atoms with Gasteiger partial charge in [0.2, 0.25) is 11.8 Å². The first-order chi connectivity index (χ1) is 14.8. The van der Waals surface area contributed by atoms with Crippen molar-refractivity contribution in [1.82, 2.24) is 15.1 Å². The standard InChI is InChI=1S/C23H28ClFN4O2/c1-16(22(30)26-15-18-6-3-4-9-21(18)24)28-10-12-29(13-11-28)17(2)23(31)27-20-8-5-7-19(25)14-20/h3-9,14,16-17H,10-13,15H2,1-2H3,(H,26,30)(H,27,31). The van der Waals surface area contributed by atoms with Gasteiger partial charge in [0.1, 0.15) is 5.82 Å². The fraction of sp³-hybridized carbons (Fsp3) is 0.391. The zero-order valence-corrected chi connectivity index (χ0v) is 18.5. The first-order valence-corrected chi connectivity index (χ1v) is 10.8. The zero-order chi connectivity index (χ0) is 22.4. The Morgan fingerprint density at radius 1 is 0.968 bits per heavy atom. The van der Waals surface area contributed by atoms with Gasteiger partial charge in [-0.3, -0.25) is 19.4 Å². The summed E-state index contributed by atoms with van der Waals surface area (Å²) in [5.74, 6) is -0.615. The SMILES string of the molecule is CC(C(=O)NCc1ccccc1Cl)N1CCN(C(C)C(=O)Nc2cccc(F)c2)CC1. The number of nitrogens with zero attached hydrogens (tertiary/aromatic N) is 2. The molecule has 2 unspecified atom stereocenters. The molecule has 2 aromatic rings. The van der Waals surface area contributed by atoms with Gasteiger partial charge in [-0.1, -0.05) is 35.9 Å². The van der Waals surface area contributed by atoms with Crippen LogP contribution < -0.4 is 10.6 Å². The van der Waals surface area contributed by atoms with Crippen LogP contribution in [0.1, 0.15) is 19.4 Å². The molecule has 0 aliphatic carbocycles. The molecule has 2 atom stereocenters. The molecule has 1 fully saturated rings. The molecule has 0 radical (unpaired) electrons. The summed E-state index contributed by atoms with van der Waals surface area (Å²) in [6.45, 7) is 6.80. The van der Waals surface area contributed by atoms with Crippen LogP contribution in [0.5, 0.6) is 0 Å². The number of carbonyl (C=O) groups excluding carboxylic acids is 2. The number of halogens is 2. The first-order valence-electron chi connectivity index (χ1n) is 10.4. The van der Waals surface area contributed by atoms with Gasteiger partial charge in [-0.15, -0.1) is 0 Å². The minimum absolute atomic E-state index is 0.0507. The van der Waals surface area contributed by atoms with Crippen LogP contribution in [0.25, 0.3) is 0 Å². The Hall–Kier alpha value is -2.48. The van der Waals surface area contributed by atoms with Crippen LogP contribution in [-0.4, -0.2) is 59.9 Å². The van der Waals surface area contributed by atoms with E-state index in [1.54, 1.807) is 18.2 Å². The van der Waals surface area contributed by atoms with Crippen molar-refractivity contribution in [3.63, 3.8) is 0 Å². The molecule has 0 aromatic heterocycles. The van der Waals surface area contributed by atoms with Crippen molar-refractivity contribution >= 4 is 29.1 Å². The molecular formula is C23H28ClFN4O2. The van der Waals surface area contributed by atoms with E-state index in [-0.39, 0.29) is 29.7 Å². The summed E-state index contributed by atoms with van der Waals surface area (Å²) in [5.41, 5.74) is 1.33. The summed E-state index contributed by atoms with van der Waals surface area (Å²) in [7, 11) is 0. The Bertz CT molecular complexity index is 918. The van der Waals surface area contributed by atoms with Crippen LogP contribution in [0.15, 0.2) is 48.5 Å². The minimum atomic E-state index is -0.388. The molecule has 6 nitrogen and oxygen atoms in total. The molecule has 8 heteroatoms. The molecule has 2 N–H and O–H groups in total. The van der Waals surface area contributed by atoms with Crippen LogP contribution in [0.2, 0.25) is 5.02 Å². The van der Waals surface area contributed by atoms with Crippen molar-refractivity contribution < 1.29 is 14.0 Å². The van der Waals surface area contributed by atoms with Crippen LogP contribution in [0, 0.1) is 5.82 Å². The van der Waals surface area contributed by atoms with Crippen molar-refractivity contribution in [1.29, 1.82) is 0 Å². The highest BCUT2D eigenvalue weighted by atomic mass is 35.5. The highest BCUT2D eigenvalue weighted by molar-refractivity contribution is 6.31. The second-order valence-corrected chi connectivity index (χ2v) is 8.14. The number of anilines is 1. The average Bonchev–Trinajstić information content (AvgIpc) is 2.77. The molecule has 31 heavy (non-hydrogen) atoms. The molecule has 1 heterocycles. The van der Waals surface area contributed by atoms with Crippen LogP contribution in [-0.2, 0) is 16.1 Å². The number of amides is 2. The van der Waals surface area contributed by atoms with E-state index in [0.29, 0.717) is 43.4 Å². The Morgan fingerprint density at radius 2 is 1.58 bits per heavy atom. The molecule has 3 rings (SSSR count). The fourth-order valence-electron chi connectivity index (χ4n) is 3.63. The summed E-state index contributed by atoms with van der Waals surface area (Å²) in [5, 5.41) is 6.34. The van der Waals surface area contributed by atoms with E-state index in [4.69, 9.17) is 11.6 Å². The van der Waals surface area contributed by atoms with Crippen molar-refractivity contribution in [2.75, 3.05) is 31.5 Å². The van der Waals surface area contributed by atoms with Gasteiger partial charge in [0.15, 0.2) is 0 Å². The number of hydrogen-bond donors (Lipinski definition) is 2.